The van der Waals surface area contributed by atoms with Crippen molar-refractivity contribution in [3.8, 4) is 5.88 Å². The van der Waals surface area contributed by atoms with Gasteiger partial charge in [-0.15, -0.1) is 0 Å². The Morgan fingerprint density at radius 1 is 1.14 bits per heavy atom. The lowest BCUT2D eigenvalue weighted by Crippen LogP contribution is -2.38. The van der Waals surface area contributed by atoms with Crippen molar-refractivity contribution in [2.75, 3.05) is 7.05 Å². The maximum absolute atomic E-state index is 12.6. The summed E-state index contributed by atoms with van der Waals surface area (Å²) < 4.78 is 0. The van der Waals surface area contributed by atoms with E-state index in [1.54, 1.807) is 24.1 Å². The molecule has 1 amide bonds. The lowest BCUT2D eigenvalue weighted by atomic mass is 9.94. The first-order valence-electron chi connectivity index (χ1n) is 7.40. The molecule has 1 N–H and O–H groups in total. The van der Waals surface area contributed by atoms with E-state index >= 15 is 0 Å². The average molecular weight is 285 g/mol. The van der Waals surface area contributed by atoms with E-state index in [1.807, 2.05) is 12.1 Å². The second kappa shape index (κ2) is 5.68. The van der Waals surface area contributed by atoms with Crippen LogP contribution in [0.3, 0.4) is 0 Å². The van der Waals surface area contributed by atoms with Gasteiger partial charge in [0.05, 0.1) is 11.0 Å². The molecule has 1 aromatic carbocycles. The molecule has 21 heavy (non-hydrogen) atoms. The summed E-state index contributed by atoms with van der Waals surface area (Å²) >= 11 is 0. The van der Waals surface area contributed by atoms with E-state index in [2.05, 4.69) is 9.97 Å². The van der Waals surface area contributed by atoms with Crippen LogP contribution in [0.15, 0.2) is 24.3 Å². The molecule has 0 aliphatic heterocycles. The number of hydrogen-bond acceptors (Lipinski definition) is 4. The fourth-order valence-electron chi connectivity index (χ4n) is 2.94. The summed E-state index contributed by atoms with van der Waals surface area (Å²) in [6.07, 6.45) is 5.57. The molecule has 2 aromatic rings. The Balaban J connectivity index is 1.91. The summed E-state index contributed by atoms with van der Waals surface area (Å²) in [5.74, 6) is -0.543. The molecular weight excluding hydrogens is 266 g/mol. The molecule has 0 atom stereocenters. The highest BCUT2D eigenvalue weighted by Gasteiger charge is 2.26. The lowest BCUT2D eigenvalue weighted by molar-refractivity contribution is 0.0686. The lowest BCUT2D eigenvalue weighted by Gasteiger charge is -2.31. The number of fused-ring (bicyclic) bond motifs is 1. The summed E-state index contributed by atoms with van der Waals surface area (Å²) in [6.45, 7) is 0. The highest BCUT2D eigenvalue weighted by molar-refractivity contribution is 5.96. The summed E-state index contributed by atoms with van der Waals surface area (Å²) in [6, 6.07) is 7.46. The third-order valence-electron chi connectivity index (χ3n) is 4.20. The Hall–Kier alpha value is -2.17. The number of benzene rings is 1. The van der Waals surface area contributed by atoms with Crippen molar-refractivity contribution in [3.05, 3.63) is 30.0 Å². The van der Waals surface area contributed by atoms with E-state index < -0.39 is 0 Å². The first kappa shape index (κ1) is 13.8. The normalized spacial score (nSPS) is 16.0. The monoisotopic (exact) mass is 285 g/mol. The molecule has 1 aliphatic rings. The number of amides is 1. The molecule has 1 heterocycles. The van der Waals surface area contributed by atoms with Gasteiger partial charge >= 0.3 is 0 Å². The van der Waals surface area contributed by atoms with E-state index in [9.17, 15) is 9.90 Å². The number of rotatable bonds is 2. The Morgan fingerprint density at radius 2 is 1.76 bits per heavy atom. The van der Waals surface area contributed by atoms with Gasteiger partial charge in [-0.3, -0.25) is 4.79 Å². The highest BCUT2D eigenvalue weighted by atomic mass is 16.3. The highest BCUT2D eigenvalue weighted by Crippen LogP contribution is 2.25. The van der Waals surface area contributed by atoms with Crippen molar-refractivity contribution >= 4 is 16.9 Å². The first-order valence-corrected chi connectivity index (χ1v) is 7.40. The Bertz CT molecular complexity index is 666. The maximum atomic E-state index is 12.6. The number of carbonyl (C=O) groups excluding carboxylic acids is 1. The van der Waals surface area contributed by atoms with Crippen molar-refractivity contribution in [3.63, 3.8) is 0 Å². The fourth-order valence-corrected chi connectivity index (χ4v) is 2.94. The van der Waals surface area contributed by atoms with Crippen LogP contribution < -0.4 is 0 Å². The minimum absolute atomic E-state index is 0.0433. The van der Waals surface area contributed by atoms with Gasteiger partial charge in [-0.05, 0) is 25.0 Å². The molecule has 1 aromatic heterocycles. The van der Waals surface area contributed by atoms with Crippen LogP contribution >= 0.6 is 0 Å². The second-order valence-corrected chi connectivity index (χ2v) is 5.59. The Morgan fingerprint density at radius 3 is 2.43 bits per heavy atom. The van der Waals surface area contributed by atoms with Gasteiger partial charge in [0.2, 0.25) is 5.88 Å². The molecule has 1 fully saturated rings. The van der Waals surface area contributed by atoms with Crippen LogP contribution in [0.5, 0.6) is 5.88 Å². The van der Waals surface area contributed by atoms with E-state index in [-0.39, 0.29) is 23.5 Å². The SMILES string of the molecule is CN(C(=O)c1nc2ccccc2nc1O)C1CCCCC1. The molecule has 110 valence electrons. The van der Waals surface area contributed by atoms with Gasteiger partial charge in [0.25, 0.3) is 5.91 Å². The number of carbonyl (C=O) groups is 1. The summed E-state index contributed by atoms with van der Waals surface area (Å²) in [5, 5.41) is 10.0. The van der Waals surface area contributed by atoms with Gasteiger partial charge in [-0.1, -0.05) is 31.4 Å². The molecule has 3 rings (SSSR count). The number of para-hydroxylation sites is 2. The molecule has 5 nitrogen and oxygen atoms in total. The van der Waals surface area contributed by atoms with Crippen LogP contribution in [0.4, 0.5) is 0 Å². The predicted molar refractivity (Wildman–Crippen MR) is 80.2 cm³/mol. The molecular formula is C16H19N3O2. The first-order chi connectivity index (χ1) is 10.2. The summed E-state index contributed by atoms with van der Waals surface area (Å²) in [7, 11) is 1.79. The zero-order chi connectivity index (χ0) is 14.8. The van der Waals surface area contributed by atoms with E-state index in [0.29, 0.717) is 11.0 Å². The zero-order valence-corrected chi connectivity index (χ0v) is 12.1. The van der Waals surface area contributed by atoms with Gasteiger partial charge in [0.15, 0.2) is 5.69 Å². The van der Waals surface area contributed by atoms with Crippen LogP contribution in [0.25, 0.3) is 11.0 Å². The Kier molecular flexibility index (Phi) is 3.73. The van der Waals surface area contributed by atoms with Crippen molar-refractivity contribution in [2.24, 2.45) is 0 Å². The van der Waals surface area contributed by atoms with Crippen molar-refractivity contribution in [1.29, 1.82) is 0 Å². The number of aromatic hydroxyl groups is 1. The van der Waals surface area contributed by atoms with Crippen LogP contribution in [-0.4, -0.2) is 39.0 Å². The molecule has 0 saturated heterocycles. The van der Waals surface area contributed by atoms with Crippen LogP contribution in [-0.2, 0) is 0 Å². The average Bonchev–Trinajstić information content (AvgIpc) is 2.53. The van der Waals surface area contributed by atoms with Crippen LogP contribution in [0.2, 0.25) is 0 Å². The third kappa shape index (κ3) is 2.68. The molecule has 0 radical (unpaired) electrons. The van der Waals surface area contributed by atoms with E-state index in [4.69, 9.17) is 0 Å². The van der Waals surface area contributed by atoms with E-state index in [0.717, 1.165) is 25.7 Å². The minimum atomic E-state index is -0.290. The standard InChI is InChI=1S/C16H19N3O2/c1-19(11-7-3-2-4-8-11)16(21)14-15(20)18-13-10-6-5-9-12(13)17-14/h5-6,9-11H,2-4,7-8H2,1H3,(H,18,20). The van der Waals surface area contributed by atoms with Crippen LogP contribution in [0.1, 0.15) is 42.6 Å². The van der Waals surface area contributed by atoms with Gasteiger partial charge in [0, 0.05) is 13.1 Å². The van der Waals surface area contributed by atoms with Crippen molar-refractivity contribution < 1.29 is 9.90 Å². The summed E-state index contributed by atoms with van der Waals surface area (Å²) in [4.78, 5) is 22.6. The minimum Gasteiger partial charge on any atom is -0.492 e. The third-order valence-corrected chi connectivity index (χ3v) is 4.20. The molecule has 0 spiro atoms. The van der Waals surface area contributed by atoms with E-state index in [1.165, 1.54) is 6.42 Å². The van der Waals surface area contributed by atoms with Gasteiger partial charge in [-0.2, -0.15) is 0 Å². The van der Waals surface area contributed by atoms with Gasteiger partial charge in [-0.25, -0.2) is 9.97 Å². The number of aromatic nitrogens is 2. The topological polar surface area (TPSA) is 66.3 Å². The Labute approximate surface area is 123 Å². The van der Waals surface area contributed by atoms with Crippen LogP contribution in [0, 0.1) is 0 Å². The van der Waals surface area contributed by atoms with Gasteiger partial charge in [0.1, 0.15) is 0 Å². The molecule has 0 bridgehead atoms. The molecule has 0 unspecified atom stereocenters. The maximum Gasteiger partial charge on any atom is 0.278 e. The number of hydrogen-bond donors (Lipinski definition) is 1. The molecule has 5 heteroatoms. The quantitative estimate of drug-likeness (QED) is 0.921. The van der Waals surface area contributed by atoms with Crippen molar-refractivity contribution in [2.45, 2.75) is 38.1 Å². The van der Waals surface area contributed by atoms with Gasteiger partial charge < -0.3 is 10.0 Å². The fraction of sp³-hybridized carbons (Fsp3) is 0.438. The zero-order valence-electron chi connectivity index (χ0n) is 12.1. The molecule has 1 saturated carbocycles. The smallest absolute Gasteiger partial charge is 0.278 e. The second-order valence-electron chi connectivity index (χ2n) is 5.59. The largest absolute Gasteiger partial charge is 0.492 e. The summed E-state index contributed by atoms with van der Waals surface area (Å²) in [5.41, 5.74) is 1.25. The number of nitrogens with zero attached hydrogens (tertiary/aromatic N) is 3. The molecule has 1 aliphatic carbocycles. The predicted octanol–water partition coefficient (Wildman–Crippen LogP) is 2.74. The van der Waals surface area contributed by atoms with Crippen molar-refractivity contribution in [1.82, 2.24) is 14.9 Å².